The Balaban J connectivity index is 0.00000110. The van der Waals surface area contributed by atoms with E-state index in [1.165, 1.54) is 46.9 Å². The Bertz CT molecular complexity index is 429. The van der Waals surface area contributed by atoms with Gasteiger partial charge in [-0.2, -0.15) is 0 Å². The third-order valence-corrected chi connectivity index (χ3v) is 5.28. The van der Waals surface area contributed by atoms with Crippen LogP contribution in [0.15, 0.2) is 27.1 Å². The fourth-order valence-corrected chi connectivity index (χ4v) is 4.57. The molecule has 1 saturated heterocycles. The lowest BCUT2D eigenvalue weighted by Gasteiger charge is -2.43. The van der Waals surface area contributed by atoms with Crippen molar-refractivity contribution in [2.45, 2.75) is 25.3 Å². The second-order valence-corrected chi connectivity index (χ2v) is 7.46. The highest BCUT2D eigenvalue weighted by Gasteiger charge is 2.33. The topological polar surface area (TPSA) is 15.3 Å². The summed E-state index contributed by atoms with van der Waals surface area (Å²) in [7, 11) is 0. The van der Waals surface area contributed by atoms with Crippen LogP contribution in [0.2, 0.25) is 0 Å². The number of hydrogen-bond donors (Lipinski definition) is 1. The Labute approximate surface area is 156 Å². The van der Waals surface area contributed by atoms with Gasteiger partial charge in [-0.25, -0.2) is 0 Å². The van der Waals surface area contributed by atoms with Crippen LogP contribution < -0.4 is 5.32 Å². The van der Waals surface area contributed by atoms with Gasteiger partial charge in [0.25, 0.3) is 0 Å². The first kappa shape index (κ1) is 19.7. The van der Waals surface area contributed by atoms with E-state index in [0.29, 0.717) is 6.04 Å². The summed E-state index contributed by atoms with van der Waals surface area (Å²) in [4.78, 5) is 2.68. The van der Waals surface area contributed by atoms with E-state index < -0.39 is 0 Å². The quantitative estimate of drug-likeness (QED) is 0.696. The number of nitrogens with zero attached hydrogens (tertiary/aromatic N) is 1. The van der Waals surface area contributed by atoms with Crippen LogP contribution in [0.3, 0.4) is 0 Å². The minimum atomic E-state index is 0. The summed E-state index contributed by atoms with van der Waals surface area (Å²) in [6.07, 6.45) is 4.18. The molecule has 0 aromatic heterocycles. The standard InChI is InChI=1S/C15H20Br2N2.2ClH/c16-13-8-12(9-14(17)10-13)15(11-2-1-3-11)19-6-4-18-5-7-19;;/h8-11,15,18H,1-7H2;2*1H/t15-;;/m1../s1. The zero-order valence-corrected chi connectivity index (χ0v) is 16.7. The highest BCUT2D eigenvalue weighted by Crippen LogP contribution is 2.42. The molecule has 120 valence electrons. The molecule has 2 aliphatic rings. The largest absolute Gasteiger partial charge is 0.314 e. The smallest absolute Gasteiger partial charge is 0.0378 e. The van der Waals surface area contributed by atoms with Gasteiger partial charge in [0, 0.05) is 41.2 Å². The van der Waals surface area contributed by atoms with Crippen molar-refractivity contribution < 1.29 is 0 Å². The summed E-state index contributed by atoms with van der Waals surface area (Å²) in [5, 5.41) is 3.46. The van der Waals surface area contributed by atoms with Crippen molar-refractivity contribution in [2.24, 2.45) is 5.92 Å². The molecule has 0 amide bonds. The first-order valence-electron chi connectivity index (χ1n) is 7.15. The van der Waals surface area contributed by atoms with Crippen LogP contribution >= 0.6 is 56.7 Å². The lowest BCUT2D eigenvalue weighted by Crippen LogP contribution is -2.47. The van der Waals surface area contributed by atoms with Gasteiger partial charge in [-0.05, 0) is 42.5 Å². The third-order valence-electron chi connectivity index (χ3n) is 4.37. The van der Waals surface area contributed by atoms with Crippen LogP contribution in [-0.4, -0.2) is 31.1 Å². The van der Waals surface area contributed by atoms with Gasteiger partial charge in [0.05, 0.1) is 0 Å². The van der Waals surface area contributed by atoms with Crippen molar-refractivity contribution in [3.63, 3.8) is 0 Å². The number of nitrogens with one attached hydrogen (secondary N) is 1. The Hall–Kier alpha value is 0.680. The maximum atomic E-state index is 3.63. The number of hydrogen-bond acceptors (Lipinski definition) is 2. The maximum Gasteiger partial charge on any atom is 0.0378 e. The van der Waals surface area contributed by atoms with E-state index in [9.17, 15) is 0 Å². The second kappa shape index (κ2) is 9.09. The summed E-state index contributed by atoms with van der Waals surface area (Å²) < 4.78 is 2.35. The first-order valence-corrected chi connectivity index (χ1v) is 8.73. The zero-order chi connectivity index (χ0) is 13.2. The number of rotatable bonds is 3. The van der Waals surface area contributed by atoms with Crippen LogP contribution in [0.5, 0.6) is 0 Å². The van der Waals surface area contributed by atoms with E-state index in [1.807, 2.05) is 0 Å². The van der Waals surface area contributed by atoms with E-state index in [0.717, 1.165) is 19.0 Å². The van der Waals surface area contributed by atoms with Gasteiger partial charge < -0.3 is 5.32 Å². The second-order valence-electron chi connectivity index (χ2n) is 5.62. The molecule has 1 aliphatic carbocycles. The molecular formula is C15H22Br2Cl2N2. The predicted molar refractivity (Wildman–Crippen MR) is 101 cm³/mol. The summed E-state index contributed by atoms with van der Waals surface area (Å²) in [5.74, 6) is 0.847. The molecule has 0 radical (unpaired) electrons. The first-order chi connectivity index (χ1) is 9.24. The van der Waals surface area contributed by atoms with Gasteiger partial charge in [0.2, 0.25) is 0 Å². The summed E-state index contributed by atoms with van der Waals surface area (Å²) in [6, 6.07) is 7.33. The van der Waals surface area contributed by atoms with Crippen molar-refractivity contribution in [2.75, 3.05) is 26.2 Å². The van der Waals surface area contributed by atoms with Crippen LogP contribution in [0.25, 0.3) is 0 Å². The average Bonchev–Trinajstić information content (AvgIpc) is 2.33. The molecule has 1 saturated carbocycles. The summed E-state index contributed by atoms with van der Waals surface area (Å²) in [5.41, 5.74) is 1.47. The van der Waals surface area contributed by atoms with Crippen molar-refractivity contribution >= 4 is 56.7 Å². The van der Waals surface area contributed by atoms with Crippen LogP contribution in [-0.2, 0) is 0 Å². The van der Waals surface area contributed by atoms with E-state index in [2.05, 4.69) is 60.3 Å². The average molecular weight is 461 g/mol. The monoisotopic (exact) mass is 458 g/mol. The number of piperazine rings is 1. The third kappa shape index (κ3) is 4.82. The maximum absolute atomic E-state index is 3.63. The SMILES string of the molecule is Brc1cc(Br)cc([C@@H](C2CCC2)N2CCNCC2)c1.Cl.Cl. The summed E-state index contributed by atoms with van der Waals surface area (Å²) >= 11 is 7.27. The molecule has 2 nitrogen and oxygen atoms in total. The molecule has 1 N–H and O–H groups in total. The van der Waals surface area contributed by atoms with E-state index in [4.69, 9.17) is 0 Å². The number of halogens is 4. The van der Waals surface area contributed by atoms with Gasteiger partial charge in [0.15, 0.2) is 0 Å². The van der Waals surface area contributed by atoms with Gasteiger partial charge in [-0.15, -0.1) is 24.8 Å². The minimum absolute atomic E-state index is 0. The molecule has 3 rings (SSSR count). The Morgan fingerprint density at radius 3 is 2.05 bits per heavy atom. The molecule has 6 heteroatoms. The molecule has 0 unspecified atom stereocenters. The molecule has 1 aromatic carbocycles. The molecule has 0 bridgehead atoms. The number of benzene rings is 1. The molecule has 21 heavy (non-hydrogen) atoms. The van der Waals surface area contributed by atoms with Gasteiger partial charge in [0.1, 0.15) is 0 Å². The van der Waals surface area contributed by atoms with Gasteiger partial charge in [-0.3, -0.25) is 4.90 Å². The highest BCUT2D eigenvalue weighted by molar-refractivity contribution is 9.11. The van der Waals surface area contributed by atoms with Crippen molar-refractivity contribution in [3.05, 3.63) is 32.7 Å². The zero-order valence-electron chi connectivity index (χ0n) is 11.9. The normalized spacial score (nSPS) is 20.9. The summed E-state index contributed by atoms with van der Waals surface area (Å²) in [6.45, 7) is 4.59. The Morgan fingerprint density at radius 2 is 1.57 bits per heavy atom. The van der Waals surface area contributed by atoms with E-state index in [1.54, 1.807) is 0 Å². The van der Waals surface area contributed by atoms with E-state index >= 15 is 0 Å². The van der Waals surface area contributed by atoms with Crippen LogP contribution in [0.1, 0.15) is 30.9 Å². The van der Waals surface area contributed by atoms with Gasteiger partial charge in [-0.1, -0.05) is 38.3 Å². The van der Waals surface area contributed by atoms with Crippen molar-refractivity contribution in [1.29, 1.82) is 0 Å². The lowest BCUT2D eigenvalue weighted by molar-refractivity contribution is 0.0836. The van der Waals surface area contributed by atoms with Crippen LogP contribution in [0, 0.1) is 5.92 Å². The van der Waals surface area contributed by atoms with E-state index in [-0.39, 0.29) is 24.8 Å². The molecular weight excluding hydrogens is 439 g/mol. The van der Waals surface area contributed by atoms with Crippen molar-refractivity contribution in [1.82, 2.24) is 10.2 Å². The Morgan fingerprint density at radius 1 is 1.00 bits per heavy atom. The molecule has 1 aliphatic heterocycles. The molecule has 1 aromatic rings. The lowest BCUT2D eigenvalue weighted by atomic mass is 9.76. The Kier molecular flexibility index (Phi) is 8.54. The molecule has 1 atom stereocenters. The van der Waals surface area contributed by atoms with Gasteiger partial charge >= 0.3 is 0 Å². The predicted octanol–water partition coefficient (Wildman–Crippen LogP) is 4.80. The van der Waals surface area contributed by atoms with Crippen molar-refractivity contribution in [3.8, 4) is 0 Å². The fourth-order valence-electron chi connectivity index (χ4n) is 3.24. The molecule has 0 spiro atoms. The molecule has 2 fully saturated rings. The highest BCUT2D eigenvalue weighted by atomic mass is 79.9. The molecule has 1 heterocycles. The minimum Gasteiger partial charge on any atom is -0.314 e. The van der Waals surface area contributed by atoms with Crippen LogP contribution in [0.4, 0.5) is 0 Å². The fraction of sp³-hybridized carbons (Fsp3) is 0.600.